The molecule has 24 heavy (non-hydrogen) atoms. The van der Waals surface area contributed by atoms with Crippen LogP contribution < -0.4 is 5.32 Å². The van der Waals surface area contributed by atoms with E-state index in [1.54, 1.807) is 25.1 Å². The molecular formula is C18H18FN3O2. The van der Waals surface area contributed by atoms with E-state index in [9.17, 15) is 9.18 Å². The van der Waals surface area contributed by atoms with E-state index in [4.69, 9.17) is 4.84 Å². The van der Waals surface area contributed by atoms with Gasteiger partial charge in [0.1, 0.15) is 5.82 Å². The molecule has 2 aromatic carbocycles. The molecule has 1 unspecified atom stereocenters. The maximum atomic E-state index is 13.2. The van der Waals surface area contributed by atoms with Crippen molar-refractivity contribution in [1.29, 1.82) is 0 Å². The summed E-state index contributed by atoms with van der Waals surface area (Å²) >= 11 is 0. The number of halogens is 1. The largest absolute Gasteiger partial charge is 0.326 e. The third-order valence-corrected chi connectivity index (χ3v) is 3.60. The number of carbonyl (C=O) groups excluding carboxylic acids is 1. The van der Waals surface area contributed by atoms with Crippen LogP contribution in [0, 0.1) is 5.82 Å². The summed E-state index contributed by atoms with van der Waals surface area (Å²) in [6.45, 7) is 1.74. The minimum Gasteiger partial charge on any atom is -0.326 e. The summed E-state index contributed by atoms with van der Waals surface area (Å²) in [5, 5.41) is 4.22. The number of carbonyl (C=O) groups is 1. The molecule has 1 aliphatic heterocycles. The van der Waals surface area contributed by atoms with Gasteiger partial charge in [-0.1, -0.05) is 36.4 Å². The van der Waals surface area contributed by atoms with Gasteiger partial charge in [0.05, 0.1) is 6.42 Å². The SMILES string of the molecule is CN1OC(C)(CC(=O)Nc2cccc(F)c2)N=C1c1ccccc1. The molecular weight excluding hydrogens is 309 g/mol. The van der Waals surface area contributed by atoms with Crippen molar-refractivity contribution in [1.82, 2.24) is 5.06 Å². The van der Waals surface area contributed by atoms with Crippen molar-refractivity contribution >= 4 is 17.4 Å². The van der Waals surface area contributed by atoms with Crippen molar-refractivity contribution in [3.63, 3.8) is 0 Å². The third-order valence-electron chi connectivity index (χ3n) is 3.60. The third kappa shape index (κ3) is 3.60. The second-order valence-corrected chi connectivity index (χ2v) is 5.80. The Hall–Kier alpha value is -2.73. The van der Waals surface area contributed by atoms with E-state index in [0.29, 0.717) is 11.5 Å². The number of hydrogen-bond donors (Lipinski definition) is 1. The Balaban J connectivity index is 1.72. The highest BCUT2D eigenvalue weighted by atomic mass is 19.1. The molecule has 1 N–H and O–H groups in total. The summed E-state index contributed by atoms with van der Waals surface area (Å²) in [5.74, 6) is -0.0357. The normalized spacial score (nSPS) is 20.0. The molecule has 0 spiro atoms. The maximum Gasteiger partial charge on any atom is 0.229 e. The van der Waals surface area contributed by atoms with Gasteiger partial charge in [-0.15, -0.1) is 0 Å². The average molecular weight is 327 g/mol. The molecule has 0 saturated heterocycles. The standard InChI is InChI=1S/C18H18FN3O2/c1-18(12-16(23)20-15-10-6-9-14(19)11-15)21-17(22(2)24-18)13-7-4-3-5-8-13/h3-11H,12H2,1-2H3,(H,20,23). The van der Waals surface area contributed by atoms with Crippen LogP contribution in [0.2, 0.25) is 0 Å². The molecule has 1 amide bonds. The zero-order chi connectivity index (χ0) is 17.2. The van der Waals surface area contributed by atoms with Gasteiger partial charge in [0.25, 0.3) is 0 Å². The Kier molecular flexibility index (Phi) is 4.31. The van der Waals surface area contributed by atoms with Crippen molar-refractivity contribution in [2.24, 2.45) is 4.99 Å². The summed E-state index contributed by atoms with van der Waals surface area (Å²) in [6.07, 6.45) is 0.0180. The van der Waals surface area contributed by atoms with Gasteiger partial charge in [0, 0.05) is 18.3 Å². The zero-order valence-corrected chi connectivity index (χ0v) is 13.5. The highest BCUT2D eigenvalue weighted by Crippen LogP contribution is 2.28. The monoisotopic (exact) mass is 327 g/mol. The number of aliphatic imine (C=N–C) groups is 1. The number of anilines is 1. The lowest BCUT2D eigenvalue weighted by molar-refractivity contribution is -0.164. The van der Waals surface area contributed by atoms with Crippen LogP contribution in [0.3, 0.4) is 0 Å². The number of nitrogens with one attached hydrogen (secondary N) is 1. The topological polar surface area (TPSA) is 53.9 Å². The molecule has 6 heteroatoms. The Morgan fingerprint density at radius 1 is 1.25 bits per heavy atom. The number of nitrogens with zero attached hydrogens (tertiary/aromatic N) is 2. The van der Waals surface area contributed by atoms with Crippen LogP contribution in [0.5, 0.6) is 0 Å². The molecule has 1 heterocycles. The molecule has 1 atom stereocenters. The number of hydrogen-bond acceptors (Lipinski definition) is 4. The lowest BCUT2D eigenvalue weighted by Gasteiger charge is -2.21. The van der Waals surface area contributed by atoms with E-state index in [0.717, 1.165) is 5.56 Å². The Labute approximate surface area is 139 Å². The van der Waals surface area contributed by atoms with Crippen LogP contribution in [0.1, 0.15) is 18.9 Å². The summed E-state index contributed by atoms with van der Waals surface area (Å²) < 4.78 is 13.2. The first-order valence-corrected chi connectivity index (χ1v) is 7.59. The summed E-state index contributed by atoms with van der Waals surface area (Å²) in [7, 11) is 1.75. The molecule has 3 rings (SSSR count). The van der Waals surface area contributed by atoms with Crippen LogP contribution in [-0.2, 0) is 9.63 Å². The van der Waals surface area contributed by atoms with Crippen LogP contribution in [-0.4, -0.2) is 29.6 Å². The molecule has 0 fully saturated rings. The highest BCUT2D eigenvalue weighted by molar-refractivity contribution is 5.99. The Morgan fingerprint density at radius 2 is 2.00 bits per heavy atom. The van der Waals surface area contributed by atoms with Crippen molar-refractivity contribution in [2.45, 2.75) is 19.1 Å². The quantitative estimate of drug-likeness (QED) is 0.938. The molecule has 124 valence electrons. The maximum absolute atomic E-state index is 13.2. The second-order valence-electron chi connectivity index (χ2n) is 5.80. The van der Waals surface area contributed by atoms with Gasteiger partial charge in [0.2, 0.25) is 5.91 Å². The van der Waals surface area contributed by atoms with Gasteiger partial charge in [-0.3, -0.25) is 4.79 Å². The first-order chi connectivity index (χ1) is 11.5. The van der Waals surface area contributed by atoms with Gasteiger partial charge in [-0.25, -0.2) is 19.3 Å². The van der Waals surface area contributed by atoms with Crippen molar-refractivity contribution in [3.05, 3.63) is 66.0 Å². The second kappa shape index (κ2) is 6.41. The number of rotatable bonds is 4. The highest BCUT2D eigenvalue weighted by Gasteiger charge is 2.37. The van der Waals surface area contributed by atoms with Crippen LogP contribution in [0.4, 0.5) is 10.1 Å². The fraction of sp³-hybridized carbons (Fsp3) is 0.222. The lowest BCUT2D eigenvalue weighted by atomic mass is 10.1. The predicted molar refractivity (Wildman–Crippen MR) is 89.9 cm³/mol. The molecule has 0 saturated carbocycles. The summed E-state index contributed by atoms with van der Waals surface area (Å²) in [6, 6.07) is 15.4. The van der Waals surface area contributed by atoms with Crippen LogP contribution in [0.25, 0.3) is 0 Å². The molecule has 0 radical (unpaired) electrons. The zero-order valence-electron chi connectivity index (χ0n) is 13.5. The minimum absolute atomic E-state index is 0.0180. The van der Waals surface area contributed by atoms with E-state index in [-0.39, 0.29) is 12.3 Å². The number of amides is 1. The lowest BCUT2D eigenvalue weighted by Crippen LogP contribution is -2.32. The fourth-order valence-electron chi connectivity index (χ4n) is 2.63. The first kappa shape index (κ1) is 16.1. The van der Waals surface area contributed by atoms with Crippen LogP contribution in [0.15, 0.2) is 59.6 Å². The number of amidine groups is 1. The van der Waals surface area contributed by atoms with Gasteiger partial charge in [-0.2, -0.15) is 0 Å². The van der Waals surface area contributed by atoms with E-state index >= 15 is 0 Å². The number of hydroxylamine groups is 2. The first-order valence-electron chi connectivity index (χ1n) is 7.59. The van der Waals surface area contributed by atoms with E-state index in [1.165, 1.54) is 18.2 Å². The molecule has 0 aliphatic carbocycles. The Morgan fingerprint density at radius 3 is 2.71 bits per heavy atom. The van der Waals surface area contributed by atoms with Crippen molar-refractivity contribution in [2.75, 3.05) is 12.4 Å². The average Bonchev–Trinajstić information content (AvgIpc) is 2.82. The van der Waals surface area contributed by atoms with Crippen LogP contribution >= 0.6 is 0 Å². The fourth-order valence-corrected chi connectivity index (χ4v) is 2.63. The Bertz CT molecular complexity index is 779. The van der Waals surface area contributed by atoms with E-state index in [1.807, 2.05) is 30.3 Å². The number of benzene rings is 2. The van der Waals surface area contributed by atoms with Gasteiger partial charge >= 0.3 is 0 Å². The van der Waals surface area contributed by atoms with Gasteiger partial charge < -0.3 is 5.32 Å². The van der Waals surface area contributed by atoms with E-state index in [2.05, 4.69) is 10.3 Å². The summed E-state index contributed by atoms with van der Waals surface area (Å²) in [4.78, 5) is 22.5. The molecule has 0 aromatic heterocycles. The van der Waals surface area contributed by atoms with Gasteiger partial charge in [-0.05, 0) is 25.1 Å². The smallest absolute Gasteiger partial charge is 0.229 e. The molecule has 5 nitrogen and oxygen atoms in total. The molecule has 2 aromatic rings. The molecule has 0 bridgehead atoms. The van der Waals surface area contributed by atoms with E-state index < -0.39 is 11.5 Å². The summed E-state index contributed by atoms with van der Waals surface area (Å²) in [5.41, 5.74) is 0.314. The van der Waals surface area contributed by atoms with Crippen molar-refractivity contribution < 1.29 is 14.0 Å². The van der Waals surface area contributed by atoms with Crippen molar-refractivity contribution in [3.8, 4) is 0 Å². The molecule has 1 aliphatic rings. The minimum atomic E-state index is -1.00. The predicted octanol–water partition coefficient (Wildman–Crippen LogP) is 3.19. The van der Waals surface area contributed by atoms with Gasteiger partial charge in [0.15, 0.2) is 11.6 Å².